The topological polar surface area (TPSA) is 109 Å². The van der Waals surface area contributed by atoms with Gasteiger partial charge in [0.1, 0.15) is 4.90 Å². The summed E-state index contributed by atoms with van der Waals surface area (Å²) in [6, 6.07) is -0.728. The normalized spacial score (nSPS) is 22.4. The second-order valence-electron chi connectivity index (χ2n) is 4.15. The van der Waals surface area contributed by atoms with E-state index in [1.165, 1.54) is 6.08 Å². The molecule has 9 heteroatoms. The average Bonchev–Trinajstić information content (AvgIpc) is 2.69. The first kappa shape index (κ1) is 13.2. The van der Waals surface area contributed by atoms with Gasteiger partial charge in [0.2, 0.25) is 10.0 Å². The lowest BCUT2D eigenvalue weighted by molar-refractivity contribution is 0.574. The van der Waals surface area contributed by atoms with Gasteiger partial charge in [0.15, 0.2) is 9.84 Å². The van der Waals surface area contributed by atoms with Crippen LogP contribution in [-0.2, 0) is 19.9 Å². The first-order chi connectivity index (χ1) is 8.21. The second kappa shape index (κ2) is 4.18. The molecule has 0 fully saturated rings. The molecule has 1 atom stereocenters. The molecule has 1 aromatic rings. The highest BCUT2D eigenvalue weighted by Gasteiger charge is 2.29. The second-order valence-corrected chi connectivity index (χ2v) is 7.73. The van der Waals surface area contributed by atoms with E-state index in [-0.39, 0.29) is 10.6 Å². The Kier molecular flexibility index (Phi) is 3.07. The van der Waals surface area contributed by atoms with Gasteiger partial charge in [-0.3, -0.25) is 5.10 Å². The van der Waals surface area contributed by atoms with Crippen molar-refractivity contribution in [3.8, 4) is 0 Å². The van der Waals surface area contributed by atoms with Crippen molar-refractivity contribution in [1.82, 2.24) is 14.9 Å². The Balaban J connectivity index is 2.27. The molecular weight excluding hydrogens is 278 g/mol. The van der Waals surface area contributed by atoms with Gasteiger partial charge in [-0.1, -0.05) is 6.08 Å². The van der Waals surface area contributed by atoms with Crippen LogP contribution in [-0.4, -0.2) is 38.8 Å². The van der Waals surface area contributed by atoms with Gasteiger partial charge in [-0.05, 0) is 13.8 Å². The summed E-state index contributed by atoms with van der Waals surface area (Å²) in [6.07, 6.45) is 1.33. The summed E-state index contributed by atoms with van der Waals surface area (Å²) in [5.74, 6) is -0.248. The zero-order valence-corrected chi connectivity index (χ0v) is 11.5. The Labute approximate surface area is 105 Å². The molecule has 1 unspecified atom stereocenters. The van der Waals surface area contributed by atoms with E-state index in [2.05, 4.69) is 14.9 Å². The van der Waals surface area contributed by atoms with Crippen molar-refractivity contribution in [3.05, 3.63) is 22.9 Å². The molecule has 2 N–H and O–H groups in total. The maximum absolute atomic E-state index is 12.1. The van der Waals surface area contributed by atoms with Gasteiger partial charge < -0.3 is 0 Å². The molecule has 7 nitrogen and oxygen atoms in total. The maximum atomic E-state index is 12.1. The van der Waals surface area contributed by atoms with Crippen LogP contribution in [0.5, 0.6) is 0 Å². The van der Waals surface area contributed by atoms with E-state index in [9.17, 15) is 16.8 Å². The molecule has 1 aliphatic rings. The van der Waals surface area contributed by atoms with Gasteiger partial charge in [0.05, 0.1) is 23.2 Å². The number of rotatable bonds is 3. The van der Waals surface area contributed by atoms with E-state index >= 15 is 0 Å². The largest absolute Gasteiger partial charge is 0.281 e. The SMILES string of the molecule is Cc1n[nH]c(C)c1S(=O)(=O)NC1C=CS(=O)(=O)C1. The molecule has 1 aliphatic heterocycles. The molecule has 0 saturated heterocycles. The molecule has 2 rings (SSSR count). The number of aromatic nitrogens is 2. The van der Waals surface area contributed by atoms with E-state index < -0.39 is 25.9 Å². The number of hydrogen-bond donors (Lipinski definition) is 2. The molecule has 2 heterocycles. The molecule has 0 spiro atoms. The minimum absolute atomic E-state index is 0.0696. The van der Waals surface area contributed by atoms with E-state index in [1.54, 1.807) is 13.8 Å². The monoisotopic (exact) mass is 291 g/mol. The zero-order chi connectivity index (χ0) is 13.6. The fourth-order valence-electron chi connectivity index (χ4n) is 1.84. The number of sulfonamides is 1. The van der Waals surface area contributed by atoms with E-state index in [0.717, 1.165) is 5.41 Å². The molecule has 0 aliphatic carbocycles. The maximum Gasteiger partial charge on any atom is 0.244 e. The lowest BCUT2D eigenvalue weighted by Crippen LogP contribution is -2.35. The Morgan fingerprint density at radius 3 is 2.56 bits per heavy atom. The Morgan fingerprint density at radius 2 is 2.11 bits per heavy atom. The van der Waals surface area contributed by atoms with Gasteiger partial charge in [-0.2, -0.15) is 5.10 Å². The van der Waals surface area contributed by atoms with Crippen LogP contribution in [0, 0.1) is 13.8 Å². The molecule has 0 amide bonds. The van der Waals surface area contributed by atoms with Crippen LogP contribution in [0.4, 0.5) is 0 Å². The van der Waals surface area contributed by atoms with Crippen molar-refractivity contribution >= 4 is 19.9 Å². The van der Waals surface area contributed by atoms with Crippen molar-refractivity contribution in [3.63, 3.8) is 0 Å². The summed E-state index contributed by atoms with van der Waals surface area (Å²) in [4.78, 5) is 0.0696. The fraction of sp³-hybridized carbons (Fsp3) is 0.444. The van der Waals surface area contributed by atoms with Crippen molar-refractivity contribution in [2.24, 2.45) is 0 Å². The van der Waals surface area contributed by atoms with Gasteiger partial charge in [-0.15, -0.1) is 0 Å². The Hall–Kier alpha value is -1.19. The molecule has 0 aromatic carbocycles. The summed E-state index contributed by atoms with van der Waals surface area (Å²) in [5, 5.41) is 7.41. The summed E-state index contributed by atoms with van der Waals surface area (Å²) in [5.41, 5.74) is 0.773. The van der Waals surface area contributed by atoms with Crippen LogP contribution in [0.3, 0.4) is 0 Å². The highest BCUT2D eigenvalue weighted by molar-refractivity contribution is 7.94. The van der Waals surface area contributed by atoms with Crippen LogP contribution in [0.2, 0.25) is 0 Å². The van der Waals surface area contributed by atoms with Crippen LogP contribution < -0.4 is 4.72 Å². The molecule has 100 valence electrons. The Bertz CT molecular complexity index is 681. The summed E-state index contributed by atoms with van der Waals surface area (Å²) in [7, 11) is -7.06. The number of nitrogens with one attached hydrogen (secondary N) is 2. The van der Waals surface area contributed by atoms with Gasteiger partial charge in [0, 0.05) is 5.41 Å². The third kappa shape index (κ3) is 2.47. The minimum atomic E-state index is -3.77. The third-order valence-corrected chi connectivity index (χ3v) is 5.71. The molecule has 1 aromatic heterocycles. The highest BCUT2D eigenvalue weighted by atomic mass is 32.2. The van der Waals surface area contributed by atoms with E-state index in [0.29, 0.717) is 11.4 Å². The predicted molar refractivity (Wildman–Crippen MR) is 65.1 cm³/mol. The number of hydrogen-bond acceptors (Lipinski definition) is 5. The first-order valence-corrected chi connectivity index (χ1v) is 8.36. The van der Waals surface area contributed by atoms with Crippen molar-refractivity contribution in [2.45, 2.75) is 24.8 Å². The van der Waals surface area contributed by atoms with Crippen molar-refractivity contribution < 1.29 is 16.8 Å². The smallest absolute Gasteiger partial charge is 0.244 e. The van der Waals surface area contributed by atoms with E-state index in [1.807, 2.05) is 0 Å². The minimum Gasteiger partial charge on any atom is -0.281 e. The quantitative estimate of drug-likeness (QED) is 0.788. The number of aryl methyl sites for hydroxylation is 2. The van der Waals surface area contributed by atoms with Gasteiger partial charge in [-0.25, -0.2) is 21.6 Å². The average molecular weight is 291 g/mol. The van der Waals surface area contributed by atoms with Crippen molar-refractivity contribution in [2.75, 3.05) is 5.75 Å². The number of nitrogens with zero attached hydrogens (tertiary/aromatic N) is 1. The third-order valence-electron chi connectivity index (χ3n) is 2.57. The summed E-state index contributed by atoms with van der Waals surface area (Å²) < 4.78 is 49.0. The highest BCUT2D eigenvalue weighted by Crippen LogP contribution is 2.18. The number of sulfone groups is 1. The standard InChI is InChI=1S/C9H13N3O4S2/c1-6-9(7(2)11-10-6)18(15,16)12-8-3-4-17(13,14)5-8/h3-4,8,12H,5H2,1-2H3,(H,10,11). The molecule has 18 heavy (non-hydrogen) atoms. The van der Waals surface area contributed by atoms with Crippen LogP contribution >= 0.6 is 0 Å². The van der Waals surface area contributed by atoms with E-state index in [4.69, 9.17) is 0 Å². The number of aromatic amines is 1. The van der Waals surface area contributed by atoms with Gasteiger partial charge >= 0.3 is 0 Å². The zero-order valence-electron chi connectivity index (χ0n) is 9.84. The first-order valence-electron chi connectivity index (χ1n) is 5.16. The molecule has 0 radical (unpaired) electrons. The predicted octanol–water partition coefficient (Wildman–Crippen LogP) is -0.384. The molecular formula is C9H13N3O4S2. The van der Waals surface area contributed by atoms with Crippen LogP contribution in [0.25, 0.3) is 0 Å². The summed E-state index contributed by atoms with van der Waals surface area (Å²) >= 11 is 0. The molecule has 0 bridgehead atoms. The van der Waals surface area contributed by atoms with Gasteiger partial charge in [0.25, 0.3) is 0 Å². The molecule has 0 saturated carbocycles. The lowest BCUT2D eigenvalue weighted by atomic mass is 10.4. The van der Waals surface area contributed by atoms with Crippen LogP contribution in [0.15, 0.2) is 16.4 Å². The van der Waals surface area contributed by atoms with Crippen LogP contribution in [0.1, 0.15) is 11.4 Å². The Morgan fingerprint density at radius 1 is 1.44 bits per heavy atom. The fourth-order valence-corrected chi connectivity index (χ4v) is 4.75. The summed E-state index contributed by atoms with van der Waals surface area (Å²) in [6.45, 7) is 3.16. The number of H-pyrrole nitrogens is 1. The van der Waals surface area contributed by atoms with Crippen molar-refractivity contribution in [1.29, 1.82) is 0 Å². The lowest BCUT2D eigenvalue weighted by Gasteiger charge is -2.10.